The van der Waals surface area contributed by atoms with Crippen molar-refractivity contribution in [3.05, 3.63) is 30.3 Å². The number of benzene rings is 1. The van der Waals surface area contributed by atoms with Gasteiger partial charge in [-0.1, -0.05) is 25.1 Å². The van der Waals surface area contributed by atoms with Crippen LogP contribution >= 0.6 is 12.2 Å². The van der Waals surface area contributed by atoms with Gasteiger partial charge in [0.15, 0.2) is 0 Å². The number of carbonyl (C=O) groups is 1. The number of para-hydroxylation sites is 1. The summed E-state index contributed by atoms with van der Waals surface area (Å²) in [7, 11) is 0. The van der Waals surface area contributed by atoms with Crippen LogP contribution in [0.5, 0.6) is 5.75 Å². The largest absolute Gasteiger partial charge is 0.432 e. The van der Waals surface area contributed by atoms with E-state index in [0.717, 1.165) is 0 Å². The number of hydrogen-bond acceptors (Lipinski definition) is 3. The van der Waals surface area contributed by atoms with Crippen LogP contribution in [-0.4, -0.2) is 11.1 Å². The van der Waals surface area contributed by atoms with E-state index >= 15 is 0 Å². The summed E-state index contributed by atoms with van der Waals surface area (Å²) in [5.41, 5.74) is 0. The van der Waals surface area contributed by atoms with Gasteiger partial charge in [0, 0.05) is 6.42 Å². The topological polar surface area (TPSA) is 38.3 Å². The van der Waals surface area contributed by atoms with E-state index in [2.05, 4.69) is 5.32 Å². The summed E-state index contributed by atoms with van der Waals surface area (Å²) in [4.78, 5) is 10.9. The van der Waals surface area contributed by atoms with Crippen molar-refractivity contribution >= 4 is 23.3 Å². The maximum absolute atomic E-state index is 10.9. The molecule has 0 saturated heterocycles. The average molecular weight is 209 g/mol. The van der Waals surface area contributed by atoms with Gasteiger partial charge in [-0.3, -0.25) is 10.1 Å². The van der Waals surface area contributed by atoms with E-state index in [4.69, 9.17) is 17.0 Å². The molecule has 0 unspecified atom stereocenters. The maximum Gasteiger partial charge on any atom is 0.268 e. The molecule has 1 rings (SSSR count). The van der Waals surface area contributed by atoms with E-state index in [1.165, 1.54) is 0 Å². The van der Waals surface area contributed by atoms with E-state index in [0.29, 0.717) is 12.2 Å². The predicted molar refractivity (Wildman–Crippen MR) is 58.1 cm³/mol. The zero-order valence-corrected chi connectivity index (χ0v) is 8.64. The van der Waals surface area contributed by atoms with Crippen molar-refractivity contribution in [2.75, 3.05) is 0 Å². The van der Waals surface area contributed by atoms with Crippen LogP contribution in [0.25, 0.3) is 0 Å². The molecular formula is C10H11NO2S. The van der Waals surface area contributed by atoms with Gasteiger partial charge in [-0.2, -0.15) is 0 Å². The number of carbonyl (C=O) groups excluding carboxylic acids is 1. The number of amides is 1. The number of thiocarbonyl (C=S) groups is 1. The van der Waals surface area contributed by atoms with E-state index < -0.39 is 0 Å². The Balaban J connectivity index is 2.46. The van der Waals surface area contributed by atoms with E-state index in [1.54, 1.807) is 19.1 Å². The molecule has 0 fully saturated rings. The highest BCUT2D eigenvalue weighted by Gasteiger charge is 2.02. The Kier molecular flexibility index (Phi) is 4.07. The minimum absolute atomic E-state index is 0.0862. The first-order valence-electron chi connectivity index (χ1n) is 4.29. The Morgan fingerprint density at radius 1 is 1.43 bits per heavy atom. The first-order valence-corrected chi connectivity index (χ1v) is 4.70. The molecule has 4 heteroatoms. The lowest BCUT2D eigenvalue weighted by Gasteiger charge is -2.06. The van der Waals surface area contributed by atoms with Crippen LogP contribution in [0.4, 0.5) is 0 Å². The maximum atomic E-state index is 10.9. The molecule has 14 heavy (non-hydrogen) atoms. The van der Waals surface area contributed by atoms with Gasteiger partial charge in [-0.15, -0.1) is 0 Å². The van der Waals surface area contributed by atoms with Gasteiger partial charge in [0.2, 0.25) is 5.91 Å². The number of rotatable bonds is 2. The fourth-order valence-corrected chi connectivity index (χ4v) is 1.03. The molecule has 1 N–H and O–H groups in total. The smallest absolute Gasteiger partial charge is 0.268 e. The number of hydrogen-bond donors (Lipinski definition) is 1. The first-order chi connectivity index (χ1) is 6.72. The lowest BCUT2D eigenvalue weighted by atomic mass is 10.3. The zero-order valence-electron chi connectivity index (χ0n) is 7.82. The van der Waals surface area contributed by atoms with Crippen LogP contribution in [0.15, 0.2) is 30.3 Å². The minimum atomic E-state index is -0.147. The first kappa shape index (κ1) is 10.7. The van der Waals surface area contributed by atoms with Gasteiger partial charge in [0.1, 0.15) is 5.75 Å². The molecule has 0 aromatic heterocycles. The van der Waals surface area contributed by atoms with Crippen molar-refractivity contribution in [1.82, 2.24) is 5.32 Å². The molecule has 3 nitrogen and oxygen atoms in total. The van der Waals surface area contributed by atoms with Crippen molar-refractivity contribution in [1.29, 1.82) is 0 Å². The standard InChI is InChI=1S/C10H11NO2S/c1-2-9(12)11-10(14)13-8-6-4-3-5-7-8/h3-7H,2H2,1H3,(H,11,12,14). The fraction of sp³-hybridized carbons (Fsp3) is 0.200. The van der Waals surface area contributed by atoms with Crippen molar-refractivity contribution in [2.45, 2.75) is 13.3 Å². The van der Waals surface area contributed by atoms with Gasteiger partial charge >= 0.3 is 0 Å². The SMILES string of the molecule is CCC(=O)NC(=S)Oc1ccccc1. The lowest BCUT2D eigenvalue weighted by molar-refractivity contribution is -0.119. The summed E-state index contributed by atoms with van der Waals surface area (Å²) in [6.07, 6.45) is 0.387. The summed E-state index contributed by atoms with van der Waals surface area (Å²) in [6.45, 7) is 1.75. The van der Waals surface area contributed by atoms with Crippen LogP contribution in [0.1, 0.15) is 13.3 Å². The quantitative estimate of drug-likeness (QED) is 0.756. The van der Waals surface area contributed by atoms with Crippen molar-refractivity contribution in [2.24, 2.45) is 0 Å². The lowest BCUT2D eigenvalue weighted by Crippen LogP contribution is -2.31. The summed E-state index contributed by atoms with van der Waals surface area (Å²) in [5.74, 6) is 0.472. The third-order valence-corrected chi connectivity index (χ3v) is 1.70. The van der Waals surface area contributed by atoms with Gasteiger partial charge in [0.25, 0.3) is 5.17 Å². The Morgan fingerprint density at radius 2 is 2.07 bits per heavy atom. The summed E-state index contributed by atoms with van der Waals surface area (Å²) in [6, 6.07) is 9.08. The van der Waals surface area contributed by atoms with Gasteiger partial charge in [-0.05, 0) is 24.4 Å². The fourth-order valence-electron chi connectivity index (χ4n) is 0.823. The van der Waals surface area contributed by atoms with Crippen LogP contribution in [0, 0.1) is 0 Å². The number of nitrogens with one attached hydrogen (secondary N) is 1. The van der Waals surface area contributed by atoms with Crippen LogP contribution in [0.3, 0.4) is 0 Å². The predicted octanol–water partition coefficient (Wildman–Crippen LogP) is 1.88. The average Bonchev–Trinajstić information content (AvgIpc) is 2.19. The van der Waals surface area contributed by atoms with Crippen LogP contribution < -0.4 is 10.1 Å². The molecule has 1 amide bonds. The molecule has 0 aliphatic carbocycles. The molecule has 0 atom stereocenters. The molecule has 74 valence electrons. The van der Waals surface area contributed by atoms with Crippen molar-refractivity contribution < 1.29 is 9.53 Å². The molecule has 0 heterocycles. The monoisotopic (exact) mass is 209 g/mol. The molecule has 0 saturated carbocycles. The summed E-state index contributed by atoms with van der Waals surface area (Å²) < 4.78 is 5.19. The molecule has 0 bridgehead atoms. The second-order valence-electron chi connectivity index (χ2n) is 2.60. The minimum Gasteiger partial charge on any atom is -0.432 e. The van der Waals surface area contributed by atoms with E-state index in [1.807, 2.05) is 18.2 Å². The molecular weight excluding hydrogens is 198 g/mol. The normalized spacial score (nSPS) is 9.21. The molecule has 0 spiro atoms. The van der Waals surface area contributed by atoms with E-state index in [-0.39, 0.29) is 11.1 Å². The summed E-state index contributed by atoms with van der Waals surface area (Å²) in [5, 5.41) is 2.53. The summed E-state index contributed by atoms with van der Waals surface area (Å²) >= 11 is 4.82. The van der Waals surface area contributed by atoms with Crippen LogP contribution in [-0.2, 0) is 4.79 Å². The van der Waals surface area contributed by atoms with Crippen molar-refractivity contribution in [3.63, 3.8) is 0 Å². The molecule has 1 aromatic carbocycles. The highest BCUT2D eigenvalue weighted by atomic mass is 32.1. The zero-order chi connectivity index (χ0) is 10.4. The third-order valence-electron chi connectivity index (χ3n) is 1.52. The molecule has 0 aliphatic heterocycles. The Morgan fingerprint density at radius 3 is 2.64 bits per heavy atom. The molecule has 0 aliphatic rings. The number of ether oxygens (including phenoxy) is 1. The third kappa shape index (κ3) is 3.53. The highest BCUT2D eigenvalue weighted by molar-refractivity contribution is 7.80. The molecule has 0 radical (unpaired) electrons. The van der Waals surface area contributed by atoms with E-state index in [9.17, 15) is 4.79 Å². The second-order valence-corrected chi connectivity index (χ2v) is 2.98. The van der Waals surface area contributed by atoms with Gasteiger partial charge in [0.05, 0.1) is 0 Å². The highest BCUT2D eigenvalue weighted by Crippen LogP contribution is 2.08. The second kappa shape index (κ2) is 5.34. The van der Waals surface area contributed by atoms with Crippen LogP contribution in [0.2, 0.25) is 0 Å². The Bertz CT molecular complexity index is 324. The van der Waals surface area contributed by atoms with Crippen molar-refractivity contribution in [3.8, 4) is 5.75 Å². The molecule has 1 aromatic rings. The van der Waals surface area contributed by atoms with Gasteiger partial charge in [-0.25, -0.2) is 0 Å². The van der Waals surface area contributed by atoms with Gasteiger partial charge < -0.3 is 4.74 Å². The Hall–Kier alpha value is -1.42. The Labute approximate surface area is 88.1 Å².